The average molecular weight is 261 g/mol. The number of rotatable bonds is 3. The Balaban J connectivity index is 2.00. The summed E-state index contributed by atoms with van der Waals surface area (Å²) in [5.74, 6) is 0.630. The summed E-state index contributed by atoms with van der Waals surface area (Å²) in [5.41, 5.74) is 1.60. The van der Waals surface area contributed by atoms with Crippen LogP contribution in [0.25, 0.3) is 6.08 Å². The molecule has 0 aliphatic carbocycles. The van der Waals surface area contributed by atoms with Crippen LogP contribution in [-0.4, -0.2) is 22.8 Å². The van der Waals surface area contributed by atoms with E-state index in [0.29, 0.717) is 5.57 Å². The quantitative estimate of drug-likeness (QED) is 0.849. The van der Waals surface area contributed by atoms with E-state index >= 15 is 0 Å². The second kappa shape index (κ2) is 5.87. The van der Waals surface area contributed by atoms with Gasteiger partial charge in [-0.1, -0.05) is 42.1 Å². The summed E-state index contributed by atoms with van der Waals surface area (Å²) < 4.78 is 0. The van der Waals surface area contributed by atoms with E-state index < -0.39 is 0 Å². The van der Waals surface area contributed by atoms with Crippen molar-refractivity contribution < 1.29 is 9.59 Å². The van der Waals surface area contributed by atoms with E-state index in [1.807, 2.05) is 36.4 Å². The number of amides is 1. The van der Waals surface area contributed by atoms with Gasteiger partial charge in [0.15, 0.2) is 0 Å². The van der Waals surface area contributed by atoms with Gasteiger partial charge in [-0.3, -0.25) is 9.59 Å². The summed E-state index contributed by atoms with van der Waals surface area (Å²) in [4.78, 5) is 23.3. The van der Waals surface area contributed by atoms with Gasteiger partial charge >= 0.3 is 0 Å². The molecule has 1 aliphatic heterocycles. The largest absolute Gasteiger partial charge is 0.342 e. The van der Waals surface area contributed by atoms with Crippen molar-refractivity contribution in [2.75, 3.05) is 5.75 Å². The monoisotopic (exact) mass is 261 g/mol. The van der Waals surface area contributed by atoms with Gasteiger partial charge in [0.25, 0.3) is 0 Å². The number of carbonyl (C=O) groups is 2. The Morgan fingerprint density at radius 3 is 2.72 bits per heavy atom. The third-order valence-electron chi connectivity index (χ3n) is 2.78. The van der Waals surface area contributed by atoms with E-state index in [-0.39, 0.29) is 17.1 Å². The third-order valence-corrected chi connectivity index (χ3v) is 3.79. The van der Waals surface area contributed by atoms with Crippen LogP contribution in [0, 0.1) is 0 Å². The third kappa shape index (κ3) is 3.23. The first kappa shape index (κ1) is 12.9. The lowest BCUT2D eigenvalue weighted by Crippen LogP contribution is -2.37. The molecular formula is C14H15NO2S. The molecule has 1 atom stereocenters. The van der Waals surface area contributed by atoms with Crippen molar-refractivity contribution in [3.8, 4) is 0 Å². The van der Waals surface area contributed by atoms with Crippen LogP contribution < -0.4 is 5.32 Å². The van der Waals surface area contributed by atoms with E-state index in [0.717, 1.165) is 17.7 Å². The molecule has 1 aromatic carbocycles. The van der Waals surface area contributed by atoms with Crippen LogP contribution in [0.1, 0.15) is 18.9 Å². The minimum atomic E-state index is -0.318. The molecule has 18 heavy (non-hydrogen) atoms. The molecule has 1 N–H and O–H groups in total. The summed E-state index contributed by atoms with van der Waals surface area (Å²) >= 11 is 1.29. The molecule has 0 spiro atoms. The Bertz CT molecular complexity index is 482. The number of thioether (sulfide) groups is 1. The van der Waals surface area contributed by atoms with E-state index in [1.54, 1.807) is 6.92 Å². The highest BCUT2D eigenvalue weighted by atomic mass is 32.2. The van der Waals surface area contributed by atoms with Crippen LogP contribution in [0.15, 0.2) is 35.9 Å². The Morgan fingerprint density at radius 1 is 1.39 bits per heavy atom. The molecular weight excluding hydrogens is 246 g/mol. The van der Waals surface area contributed by atoms with Crippen molar-refractivity contribution in [3.63, 3.8) is 0 Å². The van der Waals surface area contributed by atoms with Crippen molar-refractivity contribution >= 4 is 28.9 Å². The van der Waals surface area contributed by atoms with Crippen molar-refractivity contribution in [1.82, 2.24) is 5.32 Å². The summed E-state index contributed by atoms with van der Waals surface area (Å²) in [5, 5.41) is 2.84. The Labute approximate surface area is 111 Å². The predicted octanol–water partition coefficient (Wildman–Crippen LogP) is 2.24. The standard InChI is InChI=1S/C14H15NO2S/c1-10(9-11-5-3-2-4-6-11)13(16)15-12-7-8-18-14(12)17/h2-6,9,12H,7-8H2,1H3,(H,15,16)/b10-9-/t12-/m0/s1. The summed E-state index contributed by atoms with van der Waals surface area (Å²) in [6, 6.07) is 9.34. The van der Waals surface area contributed by atoms with Crippen LogP contribution in [0.3, 0.4) is 0 Å². The molecule has 0 radical (unpaired) electrons. The first-order valence-corrected chi connectivity index (χ1v) is 6.86. The van der Waals surface area contributed by atoms with Crippen LogP contribution in [0.4, 0.5) is 0 Å². The minimum absolute atomic E-state index is 0.0656. The molecule has 0 saturated carbocycles. The minimum Gasteiger partial charge on any atom is -0.342 e. The molecule has 0 bridgehead atoms. The van der Waals surface area contributed by atoms with Crippen molar-refractivity contribution in [2.45, 2.75) is 19.4 Å². The molecule has 94 valence electrons. The summed E-state index contributed by atoms with van der Waals surface area (Å²) in [6.45, 7) is 1.76. The Morgan fingerprint density at radius 2 is 2.11 bits per heavy atom. The van der Waals surface area contributed by atoms with Gasteiger partial charge in [0.1, 0.15) is 0 Å². The zero-order valence-corrected chi connectivity index (χ0v) is 11.0. The SMILES string of the molecule is C/C(=C/c1ccccc1)C(=O)N[C@H]1CCSC1=O. The number of benzene rings is 1. The highest BCUT2D eigenvalue weighted by Crippen LogP contribution is 2.19. The van der Waals surface area contributed by atoms with Gasteiger partial charge in [-0.05, 0) is 25.0 Å². The molecule has 2 rings (SSSR count). The Kier molecular flexibility index (Phi) is 4.20. The summed E-state index contributed by atoms with van der Waals surface area (Å²) in [7, 11) is 0. The van der Waals surface area contributed by atoms with Gasteiger partial charge < -0.3 is 5.32 Å². The topological polar surface area (TPSA) is 46.2 Å². The number of carbonyl (C=O) groups excluding carboxylic acids is 2. The van der Waals surface area contributed by atoms with Crippen LogP contribution in [0.2, 0.25) is 0 Å². The van der Waals surface area contributed by atoms with Gasteiger partial charge in [0.05, 0.1) is 6.04 Å². The normalized spacial score (nSPS) is 19.9. The molecule has 1 aromatic rings. The van der Waals surface area contributed by atoms with Gasteiger partial charge in [-0.15, -0.1) is 0 Å². The van der Waals surface area contributed by atoms with Gasteiger partial charge in [0, 0.05) is 11.3 Å². The second-order valence-corrected chi connectivity index (χ2v) is 5.32. The van der Waals surface area contributed by atoms with Crippen molar-refractivity contribution in [1.29, 1.82) is 0 Å². The Hall–Kier alpha value is -1.55. The number of hydrogen-bond donors (Lipinski definition) is 1. The fourth-order valence-electron chi connectivity index (χ4n) is 1.76. The van der Waals surface area contributed by atoms with Gasteiger partial charge in [-0.2, -0.15) is 0 Å². The molecule has 4 heteroatoms. The van der Waals surface area contributed by atoms with Crippen LogP contribution in [-0.2, 0) is 9.59 Å². The first-order valence-electron chi connectivity index (χ1n) is 5.87. The maximum atomic E-state index is 11.9. The zero-order chi connectivity index (χ0) is 13.0. The molecule has 1 heterocycles. The molecule has 1 saturated heterocycles. The lowest BCUT2D eigenvalue weighted by molar-refractivity contribution is -0.121. The fraction of sp³-hybridized carbons (Fsp3) is 0.286. The number of nitrogens with one attached hydrogen (secondary N) is 1. The molecule has 0 aromatic heterocycles. The molecule has 3 nitrogen and oxygen atoms in total. The van der Waals surface area contributed by atoms with Crippen molar-refractivity contribution in [3.05, 3.63) is 41.5 Å². The molecule has 1 fully saturated rings. The van der Waals surface area contributed by atoms with Crippen molar-refractivity contribution in [2.24, 2.45) is 0 Å². The lowest BCUT2D eigenvalue weighted by Gasteiger charge is -2.10. The van der Waals surface area contributed by atoms with E-state index in [9.17, 15) is 9.59 Å². The number of hydrogen-bond acceptors (Lipinski definition) is 3. The first-order chi connectivity index (χ1) is 8.66. The van der Waals surface area contributed by atoms with Gasteiger partial charge in [-0.25, -0.2) is 0 Å². The lowest BCUT2D eigenvalue weighted by atomic mass is 10.1. The fourth-order valence-corrected chi connectivity index (χ4v) is 2.70. The highest BCUT2D eigenvalue weighted by Gasteiger charge is 2.26. The predicted molar refractivity (Wildman–Crippen MR) is 74.1 cm³/mol. The van der Waals surface area contributed by atoms with Crippen LogP contribution in [0.5, 0.6) is 0 Å². The second-order valence-electron chi connectivity index (χ2n) is 4.22. The maximum absolute atomic E-state index is 11.9. The molecule has 1 amide bonds. The van der Waals surface area contributed by atoms with Crippen LogP contribution >= 0.6 is 11.8 Å². The van der Waals surface area contributed by atoms with E-state index in [4.69, 9.17) is 0 Å². The van der Waals surface area contributed by atoms with E-state index in [1.165, 1.54) is 11.8 Å². The average Bonchev–Trinajstić information content (AvgIpc) is 2.76. The highest BCUT2D eigenvalue weighted by molar-refractivity contribution is 8.14. The van der Waals surface area contributed by atoms with Gasteiger partial charge in [0.2, 0.25) is 11.0 Å². The molecule has 1 aliphatic rings. The molecule has 0 unspecified atom stereocenters. The maximum Gasteiger partial charge on any atom is 0.247 e. The smallest absolute Gasteiger partial charge is 0.247 e. The summed E-state index contributed by atoms with van der Waals surface area (Å²) in [6.07, 6.45) is 2.55. The zero-order valence-electron chi connectivity index (χ0n) is 10.2. The van der Waals surface area contributed by atoms with E-state index in [2.05, 4.69) is 5.32 Å².